The van der Waals surface area contributed by atoms with E-state index in [4.69, 9.17) is 17.0 Å². The Bertz CT molecular complexity index is 753. The number of nitrogens with zero attached hydrogens (tertiary/aromatic N) is 1. The average Bonchev–Trinajstić information content (AvgIpc) is 2.40. The number of halogens is 3. The summed E-state index contributed by atoms with van der Waals surface area (Å²) in [6, 6.07) is 4.56. The van der Waals surface area contributed by atoms with E-state index in [1.165, 1.54) is 25.3 Å². The van der Waals surface area contributed by atoms with E-state index < -0.39 is 17.3 Å². The Morgan fingerprint density at radius 3 is 2.55 bits per heavy atom. The number of fused-ring (bicyclic) bond motifs is 1. The zero-order valence-electron chi connectivity index (χ0n) is 10.1. The Hall–Kier alpha value is -1.54. The highest BCUT2D eigenvalue weighted by atomic mass is 32.1. The molecule has 106 valence electrons. The first-order chi connectivity index (χ1) is 9.25. The summed E-state index contributed by atoms with van der Waals surface area (Å²) in [7, 11) is 1.33. The molecule has 0 saturated heterocycles. The summed E-state index contributed by atoms with van der Waals surface area (Å²) in [4.78, 5) is 11.5. The first kappa shape index (κ1) is 14.9. The second kappa shape index (κ2) is 5.10. The maximum absolute atomic E-state index is 13.0. The van der Waals surface area contributed by atoms with E-state index in [9.17, 15) is 18.0 Å². The van der Waals surface area contributed by atoms with Crippen molar-refractivity contribution in [2.24, 2.45) is 0 Å². The number of methoxy groups -OCH3 is 1. The van der Waals surface area contributed by atoms with Crippen molar-refractivity contribution < 1.29 is 17.9 Å². The number of rotatable bonds is 1. The third-order valence-corrected chi connectivity index (χ3v) is 3.53. The normalized spacial score (nSPS) is 11.7. The summed E-state index contributed by atoms with van der Waals surface area (Å²) in [6.07, 6.45) is -4.65. The van der Waals surface area contributed by atoms with Crippen LogP contribution in [-0.4, -0.2) is 16.1 Å². The lowest BCUT2D eigenvalue weighted by atomic mass is 10.1. The van der Waals surface area contributed by atoms with Crippen molar-refractivity contribution in [2.45, 2.75) is 6.18 Å². The molecule has 0 N–H and O–H groups in total. The molecule has 1 aromatic heterocycles. The molecule has 0 aliphatic heterocycles. The van der Waals surface area contributed by atoms with Crippen LogP contribution in [0.1, 0.15) is 11.1 Å². The van der Waals surface area contributed by atoms with Crippen LogP contribution in [0.25, 0.3) is 10.9 Å². The molecule has 0 amide bonds. The standard InChI is InChI=1S/C12H8F3NO2S2/c1-18-11(19)6-2-3-9-7(4-6)8(12(13,14)15)5-10(17)16(9)20/h2-5,20H,1H3. The molecule has 0 atom stereocenters. The van der Waals surface area contributed by atoms with E-state index in [-0.39, 0.29) is 16.0 Å². The summed E-state index contributed by atoms with van der Waals surface area (Å²) in [5, 5.41) is -0.0964. The van der Waals surface area contributed by atoms with Crippen LogP contribution in [0.4, 0.5) is 13.2 Å². The molecular weight excluding hydrogens is 311 g/mol. The van der Waals surface area contributed by atoms with Crippen molar-refractivity contribution in [3.63, 3.8) is 0 Å². The molecule has 8 heteroatoms. The van der Waals surface area contributed by atoms with Gasteiger partial charge in [-0.1, -0.05) is 12.8 Å². The third-order valence-electron chi connectivity index (χ3n) is 2.72. The second-order valence-electron chi connectivity index (χ2n) is 3.93. The first-order valence-electron chi connectivity index (χ1n) is 5.30. The maximum atomic E-state index is 13.0. The van der Waals surface area contributed by atoms with Gasteiger partial charge in [0.15, 0.2) is 5.05 Å². The average molecular weight is 319 g/mol. The topological polar surface area (TPSA) is 31.2 Å². The van der Waals surface area contributed by atoms with Gasteiger partial charge in [-0.3, -0.25) is 8.77 Å². The lowest BCUT2D eigenvalue weighted by molar-refractivity contribution is -0.136. The van der Waals surface area contributed by atoms with Crippen LogP contribution < -0.4 is 5.56 Å². The highest BCUT2D eigenvalue weighted by Crippen LogP contribution is 2.34. The number of aromatic nitrogens is 1. The predicted molar refractivity (Wildman–Crippen MR) is 76.3 cm³/mol. The fraction of sp³-hybridized carbons (Fsp3) is 0.167. The van der Waals surface area contributed by atoms with Gasteiger partial charge in [0.2, 0.25) is 0 Å². The largest absolute Gasteiger partial charge is 0.486 e. The van der Waals surface area contributed by atoms with Gasteiger partial charge in [0.05, 0.1) is 18.2 Å². The highest BCUT2D eigenvalue weighted by Gasteiger charge is 2.34. The number of benzene rings is 1. The maximum Gasteiger partial charge on any atom is 0.417 e. The van der Waals surface area contributed by atoms with E-state index in [0.717, 1.165) is 3.97 Å². The summed E-state index contributed by atoms with van der Waals surface area (Å²) >= 11 is 8.78. The van der Waals surface area contributed by atoms with Crippen molar-refractivity contribution in [1.82, 2.24) is 3.97 Å². The minimum atomic E-state index is -4.65. The lowest BCUT2D eigenvalue weighted by Crippen LogP contribution is -2.18. The van der Waals surface area contributed by atoms with Gasteiger partial charge in [-0.05, 0) is 30.4 Å². The first-order valence-corrected chi connectivity index (χ1v) is 6.11. The molecule has 0 aliphatic rings. The predicted octanol–water partition coefficient (Wildman–Crippen LogP) is 3.04. The molecule has 0 saturated carbocycles. The van der Waals surface area contributed by atoms with E-state index in [1.807, 2.05) is 0 Å². The monoisotopic (exact) mass is 319 g/mol. The highest BCUT2D eigenvalue weighted by molar-refractivity contribution is 7.80. The number of hydrogen-bond donors (Lipinski definition) is 1. The van der Waals surface area contributed by atoms with Crippen molar-refractivity contribution in [3.8, 4) is 0 Å². The quantitative estimate of drug-likeness (QED) is 0.647. The van der Waals surface area contributed by atoms with E-state index in [2.05, 4.69) is 12.8 Å². The summed E-state index contributed by atoms with van der Waals surface area (Å²) in [5.41, 5.74) is -1.50. The van der Waals surface area contributed by atoms with Crippen LogP contribution in [0.3, 0.4) is 0 Å². The van der Waals surface area contributed by atoms with Gasteiger partial charge < -0.3 is 4.74 Å². The van der Waals surface area contributed by atoms with E-state index >= 15 is 0 Å². The minimum absolute atomic E-state index is 0.0517. The van der Waals surface area contributed by atoms with Crippen molar-refractivity contribution in [1.29, 1.82) is 0 Å². The molecule has 0 radical (unpaired) electrons. The van der Waals surface area contributed by atoms with Crippen LogP contribution >= 0.6 is 25.0 Å². The summed E-state index contributed by atoms with van der Waals surface area (Å²) < 4.78 is 44.7. The van der Waals surface area contributed by atoms with Crippen molar-refractivity contribution in [2.75, 3.05) is 7.11 Å². The molecule has 0 spiro atoms. The number of pyridine rings is 1. The Labute approximate surface area is 122 Å². The number of hydrogen-bond acceptors (Lipinski definition) is 4. The molecular formula is C12H8F3NO2S2. The summed E-state index contributed by atoms with van der Waals surface area (Å²) in [5.74, 6) is 0. The van der Waals surface area contributed by atoms with Crippen molar-refractivity contribution >= 4 is 41.0 Å². The van der Waals surface area contributed by atoms with Gasteiger partial charge in [0.1, 0.15) is 0 Å². The van der Waals surface area contributed by atoms with Gasteiger partial charge in [0.25, 0.3) is 5.56 Å². The van der Waals surface area contributed by atoms with Crippen LogP contribution in [0, 0.1) is 0 Å². The number of alkyl halides is 3. The molecule has 1 heterocycles. The van der Waals surface area contributed by atoms with Gasteiger partial charge in [0, 0.05) is 17.0 Å². The van der Waals surface area contributed by atoms with Crippen LogP contribution in [0.5, 0.6) is 0 Å². The van der Waals surface area contributed by atoms with Gasteiger partial charge in [-0.15, -0.1) is 0 Å². The Balaban J connectivity index is 2.88. The molecule has 2 rings (SSSR count). The fourth-order valence-electron chi connectivity index (χ4n) is 1.80. The molecule has 3 nitrogen and oxygen atoms in total. The fourth-order valence-corrected chi connectivity index (χ4v) is 2.16. The third kappa shape index (κ3) is 2.53. The number of ether oxygens (including phenoxy) is 1. The lowest BCUT2D eigenvalue weighted by Gasteiger charge is -2.13. The zero-order chi connectivity index (χ0) is 15.1. The number of thiol groups is 1. The van der Waals surface area contributed by atoms with Gasteiger partial charge >= 0.3 is 6.18 Å². The molecule has 20 heavy (non-hydrogen) atoms. The van der Waals surface area contributed by atoms with Gasteiger partial charge in [-0.25, -0.2) is 0 Å². The Morgan fingerprint density at radius 2 is 2.00 bits per heavy atom. The molecule has 0 unspecified atom stereocenters. The Kier molecular flexibility index (Phi) is 3.79. The zero-order valence-corrected chi connectivity index (χ0v) is 11.8. The van der Waals surface area contributed by atoms with E-state index in [1.54, 1.807) is 0 Å². The Morgan fingerprint density at radius 1 is 1.35 bits per heavy atom. The molecule has 1 aromatic carbocycles. The number of thiocarbonyl (C=S) groups is 1. The van der Waals surface area contributed by atoms with Gasteiger partial charge in [-0.2, -0.15) is 13.2 Å². The smallest absolute Gasteiger partial charge is 0.417 e. The van der Waals surface area contributed by atoms with E-state index in [0.29, 0.717) is 11.6 Å². The molecule has 0 aliphatic carbocycles. The second-order valence-corrected chi connectivity index (χ2v) is 4.70. The van der Waals surface area contributed by atoms with Crippen LogP contribution in [0.15, 0.2) is 29.1 Å². The molecule has 0 fully saturated rings. The summed E-state index contributed by atoms with van der Waals surface area (Å²) in [6.45, 7) is 0. The minimum Gasteiger partial charge on any atom is -0.486 e. The SMILES string of the molecule is COC(=S)c1ccc2c(c1)c(C(F)(F)F)cc(=O)n2S. The van der Waals surface area contributed by atoms with Crippen LogP contribution in [-0.2, 0) is 10.9 Å². The van der Waals surface area contributed by atoms with Crippen LogP contribution in [0.2, 0.25) is 0 Å². The molecule has 0 bridgehead atoms. The molecule has 2 aromatic rings. The van der Waals surface area contributed by atoms with Crippen molar-refractivity contribution in [3.05, 3.63) is 45.7 Å².